The van der Waals surface area contributed by atoms with Gasteiger partial charge in [-0.2, -0.15) is 8.42 Å². The third kappa shape index (κ3) is 28.3. The summed E-state index contributed by atoms with van der Waals surface area (Å²) in [5.74, 6) is -1.91. The maximum atomic E-state index is 12.2. The molecule has 1 atom stereocenters. The maximum absolute atomic E-state index is 12.2. The first kappa shape index (κ1) is 41.6. The Balaban J connectivity index is 0. The van der Waals surface area contributed by atoms with Gasteiger partial charge in [0.15, 0.2) is 5.25 Å². The molecule has 0 aliphatic rings. The Bertz CT molecular complexity index is 670. The van der Waals surface area contributed by atoms with Crippen LogP contribution < -0.4 is 0 Å². The Hall–Kier alpha value is 0.421. The van der Waals surface area contributed by atoms with Gasteiger partial charge < -0.3 is 9.47 Å². The van der Waals surface area contributed by atoms with Crippen LogP contribution in [0.15, 0.2) is 0 Å². The van der Waals surface area contributed by atoms with Gasteiger partial charge in [-0.3, -0.25) is 14.1 Å². The zero-order valence-electron chi connectivity index (χ0n) is 24.6. The van der Waals surface area contributed by atoms with Crippen LogP contribution >= 0.6 is 0 Å². The second-order valence-electron chi connectivity index (χ2n) is 10.7. The Morgan fingerprint density at radius 3 is 1.21 bits per heavy atom. The molecule has 0 saturated heterocycles. The minimum absolute atomic E-state index is 0. The van der Waals surface area contributed by atoms with Crippen molar-refractivity contribution in [3.63, 3.8) is 0 Å². The number of unbranched alkanes of at least 4 members (excludes halogenated alkanes) is 20. The van der Waals surface area contributed by atoms with E-state index in [2.05, 4.69) is 13.8 Å². The first-order chi connectivity index (χ1) is 18.3. The molecule has 0 aromatic carbocycles. The van der Waals surface area contributed by atoms with Gasteiger partial charge in [0.25, 0.3) is 10.1 Å². The van der Waals surface area contributed by atoms with Crippen molar-refractivity contribution in [3.8, 4) is 0 Å². The SMILES string of the molecule is CCCCCCCCCCCCCOC(=O)CC(C(=O)OCCCCCCCCCCCCC)S(=O)(=O)O.[BaH2]. The van der Waals surface area contributed by atoms with Crippen molar-refractivity contribution in [2.24, 2.45) is 0 Å². The van der Waals surface area contributed by atoms with Gasteiger partial charge in [-0.25, -0.2) is 0 Å². The van der Waals surface area contributed by atoms with E-state index in [9.17, 15) is 22.6 Å². The number of esters is 2. The quantitative estimate of drug-likeness (QED) is 0.0392. The summed E-state index contributed by atoms with van der Waals surface area (Å²) in [4.78, 5) is 24.3. The summed E-state index contributed by atoms with van der Waals surface area (Å²) in [6.07, 6.45) is 24.8. The molecular weight excluding hydrogens is 642 g/mol. The molecule has 0 aliphatic heterocycles. The van der Waals surface area contributed by atoms with Gasteiger partial charge in [-0.05, 0) is 12.8 Å². The second kappa shape index (κ2) is 29.9. The van der Waals surface area contributed by atoms with Gasteiger partial charge in [-0.1, -0.05) is 142 Å². The van der Waals surface area contributed by atoms with Crippen LogP contribution in [0.3, 0.4) is 0 Å². The van der Waals surface area contributed by atoms with Crippen molar-refractivity contribution < 1.29 is 32.0 Å². The van der Waals surface area contributed by atoms with Crippen LogP contribution in [0.5, 0.6) is 0 Å². The van der Waals surface area contributed by atoms with Crippen LogP contribution in [-0.2, 0) is 29.2 Å². The first-order valence-corrected chi connectivity index (χ1v) is 17.1. The third-order valence-electron chi connectivity index (χ3n) is 6.98. The summed E-state index contributed by atoms with van der Waals surface area (Å²) >= 11 is 0. The van der Waals surface area contributed by atoms with Crippen LogP contribution in [0.25, 0.3) is 0 Å². The monoisotopic (exact) mass is 702 g/mol. The zero-order valence-corrected chi connectivity index (χ0v) is 25.4. The van der Waals surface area contributed by atoms with Crippen LogP contribution in [0.4, 0.5) is 0 Å². The number of hydrogen-bond donors (Lipinski definition) is 1. The van der Waals surface area contributed by atoms with E-state index in [1.54, 1.807) is 0 Å². The van der Waals surface area contributed by atoms with E-state index in [1.165, 1.54) is 89.9 Å². The summed E-state index contributed by atoms with van der Waals surface area (Å²) in [7, 11) is -4.76. The Morgan fingerprint density at radius 2 is 0.872 bits per heavy atom. The standard InChI is InChI=1S/C30H58O7S.Ba.2H/c1-3-5-7-9-11-13-15-17-19-21-23-25-36-29(31)27-28(38(33,34)35)30(32)37-26-24-22-20-18-16-14-12-10-8-6-4-2;;;/h28H,3-27H2,1-2H3,(H,33,34,35);;;. The summed E-state index contributed by atoms with van der Waals surface area (Å²) in [6, 6.07) is 0. The average molecular weight is 702 g/mol. The molecule has 230 valence electrons. The molecule has 0 fully saturated rings. The Morgan fingerprint density at radius 1 is 0.564 bits per heavy atom. The van der Waals surface area contributed by atoms with Crippen LogP contribution in [0, 0.1) is 0 Å². The predicted molar refractivity (Wildman–Crippen MR) is 163 cm³/mol. The zero-order chi connectivity index (χ0) is 28.3. The number of ether oxygens (including phenoxy) is 2. The number of carbonyl (C=O) groups is 2. The van der Waals surface area contributed by atoms with E-state index in [1.807, 2.05) is 0 Å². The molecule has 0 aromatic heterocycles. The molecule has 0 amide bonds. The summed E-state index contributed by atoms with van der Waals surface area (Å²) in [6.45, 7) is 4.70. The van der Waals surface area contributed by atoms with Crippen molar-refractivity contribution >= 4 is 70.9 Å². The molecule has 1 N–H and O–H groups in total. The molecule has 0 heterocycles. The fraction of sp³-hybridized carbons (Fsp3) is 0.933. The number of rotatable bonds is 28. The van der Waals surface area contributed by atoms with Gasteiger partial charge >= 0.3 is 60.8 Å². The molecule has 7 nitrogen and oxygen atoms in total. The minimum atomic E-state index is -4.76. The van der Waals surface area contributed by atoms with E-state index in [0.717, 1.165) is 38.5 Å². The van der Waals surface area contributed by atoms with E-state index in [0.29, 0.717) is 12.8 Å². The van der Waals surface area contributed by atoms with E-state index in [4.69, 9.17) is 9.47 Å². The molecule has 9 heteroatoms. The molecule has 0 bridgehead atoms. The molecule has 0 saturated carbocycles. The fourth-order valence-corrected chi connectivity index (χ4v) is 5.16. The van der Waals surface area contributed by atoms with Crippen LogP contribution in [0.2, 0.25) is 0 Å². The second-order valence-corrected chi connectivity index (χ2v) is 12.3. The van der Waals surface area contributed by atoms with Gasteiger partial charge in [0.05, 0.1) is 19.6 Å². The van der Waals surface area contributed by atoms with E-state index < -0.39 is 33.7 Å². The molecule has 0 aliphatic carbocycles. The van der Waals surface area contributed by atoms with E-state index >= 15 is 0 Å². The van der Waals surface area contributed by atoms with Crippen molar-refractivity contribution in [2.45, 2.75) is 167 Å². The molecule has 1 unspecified atom stereocenters. The van der Waals surface area contributed by atoms with Crippen LogP contribution in [-0.4, -0.2) is 92.3 Å². The molecule has 0 spiro atoms. The Kier molecular flexibility index (Phi) is 31.9. The summed E-state index contributed by atoms with van der Waals surface area (Å²) in [5.41, 5.74) is 0. The Labute approximate surface area is 280 Å². The van der Waals surface area contributed by atoms with Crippen molar-refractivity contribution in [3.05, 3.63) is 0 Å². The van der Waals surface area contributed by atoms with E-state index in [-0.39, 0.29) is 62.1 Å². The van der Waals surface area contributed by atoms with Crippen molar-refractivity contribution in [1.82, 2.24) is 0 Å². The van der Waals surface area contributed by atoms with Crippen molar-refractivity contribution in [2.75, 3.05) is 13.2 Å². The van der Waals surface area contributed by atoms with Crippen molar-refractivity contribution in [1.29, 1.82) is 0 Å². The number of hydrogen-bond acceptors (Lipinski definition) is 6. The molecule has 0 radical (unpaired) electrons. The van der Waals surface area contributed by atoms with Gasteiger partial charge in [0.1, 0.15) is 0 Å². The first-order valence-electron chi connectivity index (χ1n) is 15.6. The summed E-state index contributed by atoms with van der Waals surface area (Å²) in [5, 5.41) is -1.93. The third-order valence-corrected chi connectivity index (χ3v) is 8.06. The van der Waals surface area contributed by atoms with Gasteiger partial charge in [0, 0.05) is 0 Å². The molecule has 0 aromatic rings. The van der Waals surface area contributed by atoms with Gasteiger partial charge in [0.2, 0.25) is 0 Å². The topological polar surface area (TPSA) is 107 Å². The van der Waals surface area contributed by atoms with Gasteiger partial charge in [-0.15, -0.1) is 0 Å². The molecule has 39 heavy (non-hydrogen) atoms. The van der Waals surface area contributed by atoms with Crippen LogP contribution in [0.1, 0.15) is 162 Å². The normalized spacial score (nSPS) is 12.1. The molecule has 0 rings (SSSR count). The molecular formula is C30H60BaO7S. The number of carbonyl (C=O) groups excluding carboxylic acids is 2. The fourth-order valence-electron chi connectivity index (χ4n) is 4.50. The predicted octanol–water partition coefficient (Wildman–Crippen LogP) is 7.43. The average Bonchev–Trinajstić information content (AvgIpc) is 2.87. The summed E-state index contributed by atoms with van der Waals surface area (Å²) < 4.78 is 42.9.